The van der Waals surface area contributed by atoms with E-state index in [0.717, 1.165) is 0 Å². The van der Waals surface area contributed by atoms with Gasteiger partial charge >= 0.3 is 75.4 Å². The Kier molecular flexibility index (Phi) is 1250. The van der Waals surface area contributed by atoms with Crippen LogP contribution in [0.4, 0.5) is 0 Å². The molecule has 0 aromatic rings. The van der Waals surface area contributed by atoms with E-state index in [0.29, 0.717) is 0 Å². The largest absolute Gasteiger partial charge is 1.00 e. The molecule has 0 aromatic carbocycles. The van der Waals surface area contributed by atoms with Gasteiger partial charge in [-0.05, 0) is 0 Å². The van der Waals surface area contributed by atoms with Crippen molar-refractivity contribution in [3.8, 4) is 0 Å². The van der Waals surface area contributed by atoms with E-state index in [-0.39, 0.29) is 140 Å². The molecule has 0 rings (SSSR count). The van der Waals surface area contributed by atoms with Crippen molar-refractivity contribution in [1.29, 1.82) is 0 Å². The molecule has 0 atom stereocenters. The van der Waals surface area contributed by atoms with Crippen LogP contribution in [0.25, 0.3) is 0 Å². The molecule has 0 aliphatic rings. The average Bonchev–Trinajstić information content (AvgIpc) is 0. The Hall–Kier alpha value is 3.89. The molecule has 0 bridgehead atoms. The molecule has 0 aliphatic carbocycles. The third kappa shape index (κ3) is 76.9. The molecule has 9 heavy (non-hydrogen) atoms. The van der Waals surface area contributed by atoms with Gasteiger partial charge in [0.2, 0.25) is 0 Å². The van der Waals surface area contributed by atoms with Crippen LogP contribution in [0.3, 0.4) is 0 Å². The Morgan fingerprint density at radius 3 is 0.444 bits per heavy atom. The van der Waals surface area contributed by atoms with E-state index in [1.54, 1.807) is 0 Å². The van der Waals surface area contributed by atoms with Crippen LogP contribution in [0.15, 0.2) is 0 Å². The minimum absolute atomic E-state index is 0. The molecule has 2 N–H and O–H groups in total. The van der Waals surface area contributed by atoms with Crippen molar-refractivity contribution in [3.05, 3.63) is 0 Å². The summed E-state index contributed by atoms with van der Waals surface area (Å²) in [6.45, 7) is 0. The monoisotopic (exact) mass is 274 g/mol. The third-order valence-corrected chi connectivity index (χ3v) is 0. The Labute approximate surface area is 137 Å². The normalized spacial score (nSPS) is 0. The molecule has 0 aromatic heterocycles. The van der Waals surface area contributed by atoms with Gasteiger partial charge in [-0.1, -0.05) is 0 Å². The van der Waals surface area contributed by atoms with Crippen LogP contribution in [0.1, 0.15) is 0 Å². The molecule has 0 fully saturated rings. The summed E-state index contributed by atoms with van der Waals surface area (Å²) in [4.78, 5) is 0. The molecular weight excluding hydrogens is 274 g/mol. The van der Waals surface area contributed by atoms with Crippen molar-refractivity contribution < 1.29 is 140 Å². The third-order valence-electron chi connectivity index (χ3n) is 0. The summed E-state index contributed by atoms with van der Waals surface area (Å²) in [5.74, 6) is 0. The van der Waals surface area contributed by atoms with Crippen LogP contribution in [-0.2, 0) is 0 Å². The van der Waals surface area contributed by atoms with Gasteiger partial charge in [0.1, 0.15) is 0 Å². The summed E-state index contributed by atoms with van der Waals surface area (Å²) in [6.07, 6.45) is 0. The first-order valence-electron chi connectivity index (χ1n) is 0. The van der Waals surface area contributed by atoms with Gasteiger partial charge in [0.15, 0.2) is 0 Å². The summed E-state index contributed by atoms with van der Waals surface area (Å²) in [6, 6.07) is 0. The van der Waals surface area contributed by atoms with Crippen LogP contribution < -0.4 is 134 Å². The zero-order valence-electron chi connectivity index (χ0n) is 6.01. The van der Waals surface area contributed by atoms with E-state index in [1.165, 1.54) is 0 Å². The molecule has 0 heterocycles. The first-order chi connectivity index (χ1) is 0. The molecule has 0 aliphatic heterocycles. The molecule has 0 spiro atoms. The second-order valence-electron chi connectivity index (χ2n) is 0. The van der Waals surface area contributed by atoms with Crippen LogP contribution in [0.2, 0.25) is 0 Å². The van der Waals surface area contributed by atoms with Gasteiger partial charge in [-0.2, -0.15) is 0 Å². The first kappa shape index (κ1) is 120. The Morgan fingerprint density at radius 2 is 0.444 bits per heavy atom. The van der Waals surface area contributed by atoms with Crippen LogP contribution in [-0.4, -0.2) is 5.48 Å². The maximum atomic E-state index is 0. The maximum Gasteiger partial charge on any atom is 1.00 e. The minimum atomic E-state index is 0. The zero-order chi connectivity index (χ0) is 0. The molecule has 0 radical (unpaired) electrons. The SMILES string of the molecule is O.[Br-].[Br-].[Cl-].[Cl-].[Li+].[Li+].[Li+].[Li+]. The second kappa shape index (κ2) is 93.2. The van der Waals surface area contributed by atoms with Crippen molar-refractivity contribution in [3.63, 3.8) is 0 Å². The predicted octanol–water partition coefficient (Wildman–Crippen LogP) is -24.8. The van der Waals surface area contributed by atoms with Gasteiger partial charge in [-0.15, -0.1) is 0 Å². The van der Waals surface area contributed by atoms with Crippen LogP contribution >= 0.6 is 0 Å². The number of hydrogen-bond donors (Lipinski definition) is 0. The van der Waals surface area contributed by atoms with Gasteiger partial charge in [0.25, 0.3) is 0 Å². The standard InChI is InChI=1S/2BrH.2ClH.4Li.H2O/h4*1H;;;;;1H2/q;;;;4*+1;/p-4. The summed E-state index contributed by atoms with van der Waals surface area (Å²) >= 11 is 0. The summed E-state index contributed by atoms with van der Waals surface area (Å²) in [5, 5.41) is 0. The molecule has 0 amide bonds. The van der Waals surface area contributed by atoms with Gasteiger partial charge in [0.05, 0.1) is 0 Å². The fourth-order valence-corrected chi connectivity index (χ4v) is 0. The van der Waals surface area contributed by atoms with Crippen LogP contribution in [0.5, 0.6) is 0 Å². The zero-order valence-corrected chi connectivity index (χ0v) is 10.7. The molecule has 0 saturated carbocycles. The molecule has 0 saturated heterocycles. The first-order valence-corrected chi connectivity index (χ1v) is 0. The van der Waals surface area contributed by atoms with E-state index in [1.807, 2.05) is 0 Å². The van der Waals surface area contributed by atoms with Gasteiger partial charge in [0, 0.05) is 0 Å². The average molecular weight is 276 g/mol. The molecular formula is H2Br2Cl2Li4O. The Balaban J connectivity index is 0. The number of hydrogen-bond acceptors (Lipinski definition) is 0. The van der Waals surface area contributed by atoms with Crippen LogP contribution in [0, 0.1) is 0 Å². The fourth-order valence-electron chi connectivity index (χ4n) is 0. The van der Waals surface area contributed by atoms with Gasteiger partial charge < -0.3 is 64.3 Å². The van der Waals surface area contributed by atoms with Gasteiger partial charge in [-0.25, -0.2) is 0 Å². The van der Waals surface area contributed by atoms with E-state index < -0.39 is 0 Å². The predicted molar refractivity (Wildman–Crippen MR) is 3.61 cm³/mol. The number of rotatable bonds is 0. The second-order valence-corrected chi connectivity index (χ2v) is 0. The molecule has 1 nitrogen and oxygen atoms in total. The topological polar surface area (TPSA) is 31.5 Å². The van der Waals surface area contributed by atoms with Crippen molar-refractivity contribution in [2.45, 2.75) is 0 Å². The maximum absolute atomic E-state index is 0. The number of halogens is 4. The van der Waals surface area contributed by atoms with Gasteiger partial charge in [-0.3, -0.25) is 0 Å². The fraction of sp³-hybridized carbons (Fsp3) is 0. The van der Waals surface area contributed by atoms with Crippen molar-refractivity contribution in [2.24, 2.45) is 0 Å². The smallest absolute Gasteiger partial charge is 1.00 e. The quantitative estimate of drug-likeness (QED) is 0.394. The van der Waals surface area contributed by atoms with E-state index in [9.17, 15) is 0 Å². The molecule has 9 heteroatoms. The van der Waals surface area contributed by atoms with E-state index in [2.05, 4.69) is 0 Å². The van der Waals surface area contributed by atoms with E-state index >= 15 is 0 Å². The Morgan fingerprint density at radius 1 is 0.444 bits per heavy atom. The summed E-state index contributed by atoms with van der Waals surface area (Å²) in [5.41, 5.74) is 0. The Bertz CT molecular complexity index is 16.5. The van der Waals surface area contributed by atoms with Crippen molar-refractivity contribution >= 4 is 0 Å². The minimum Gasteiger partial charge on any atom is -1.00 e. The summed E-state index contributed by atoms with van der Waals surface area (Å²) in [7, 11) is 0. The van der Waals surface area contributed by atoms with E-state index in [4.69, 9.17) is 0 Å². The summed E-state index contributed by atoms with van der Waals surface area (Å²) < 4.78 is 0. The van der Waals surface area contributed by atoms with Crippen molar-refractivity contribution in [2.75, 3.05) is 0 Å². The molecule has 0 unspecified atom stereocenters. The molecule has 40 valence electrons. The van der Waals surface area contributed by atoms with Crippen molar-refractivity contribution in [1.82, 2.24) is 0 Å².